The topological polar surface area (TPSA) is 385 Å². The summed E-state index contributed by atoms with van der Waals surface area (Å²) >= 11 is 0. The molecule has 0 bridgehead atoms. The van der Waals surface area contributed by atoms with Crippen LogP contribution in [0.5, 0.6) is 40.2 Å². The Balaban J connectivity index is 0.000000168. The van der Waals surface area contributed by atoms with Crippen LogP contribution >= 0.6 is 0 Å². The van der Waals surface area contributed by atoms with Crippen molar-refractivity contribution < 1.29 is 79.8 Å². The lowest BCUT2D eigenvalue weighted by Crippen LogP contribution is -2.32. The van der Waals surface area contributed by atoms with E-state index in [-0.39, 0.29) is 64.7 Å². The molecule has 0 radical (unpaired) electrons. The fraction of sp³-hybridized carbons (Fsp3) is 0.351. The second-order valence-electron chi connectivity index (χ2n) is 30.1. The van der Waals surface area contributed by atoms with Gasteiger partial charge in [-0.3, -0.25) is 28.8 Å². The summed E-state index contributed by atoms with van der Waals surface area (Å²) in [4.78, 5) is 91.0. The van der Waals surface area contributed by atoms with Gasteiger partial charge in [-0.1, -0.05) is 81.7 Å². The highest BCUT2D eigenvalue weighted by molar-refractivity contribution is 7.89. The van der Waals surface area contributed by atoms with Gasteiger partial charge in [-0.15, -0.1) is 10.2 Å². The molecule has 128 heavy (non-hydrogen) atoms. The second-order valence-corrected chi connectivity index (χ2v) is 32.0. The normalized spacial score (nSPS) is 14.3. The number of para-hydroxylation sites is 1. The van der Waals surface area contributed by atoms with Crippen LogP contribution in [0, 0.1) is 17.2 Å². The molecule has 2 fully saturated rings. The predicted octanol–water partition coefficient (Wildman–Crippen LogP) is 15.5. The molecule has 0 spiro atoms. The largest absolute Gasteiger partial charge is 0.497 e. The molecule has 2 atom stereocenters. The minimum Gasteiger partial charge on any atom is -0.497 e. The molecule has 14 rings (SSSR count). The molecule has 674 valence electrons. The number of benzene rings is 8. The van der Waals surface area contributed by atoms with Crippen molar-refractivity contribution in [1.82, 2.24) is 40.5 Å². The Morgan fingerprint density at radius 2 is 1.28 bits per heavy atom. The highest BCUT2D eigenvalue weighted by Gasteiger charge is 2.36. The van der Waals surface area contributed by atoms with Crippen LogP contribution in [0.1, 0.15) is 168 Å². The number of carbonyl (C=O) groups excluding carboxylic acids is 6. The van der Waals surface area contributed by atoms with Crippen molar-refractivity contribution in [3.63, 3.8) is 0 Å². The van der Waals surface area contributed by atoms with E-state index in [1.165, 1.54) is 76.1 Å². The van der Waals surface area contributed by atoms with Crippen LogP contribution in [0.3, 0.4) is 0 Å². The van der Waals surface area contributed by atoms with Crippen LogP contribution in [-0.4, -0.2) is 169 Å². The number of tetrazole rings is 1. The molecule has 6 N–H and O–H groups in total. The first-order valence-corrected chi connectivity index (χ1v) is 44.2. The number of aromatic nitrogens is 5. The van der Waals surface area contributed by atoms with Gasteiger partial charge in [-0.2, -0.15) is 14.8 Å². The van der Waals surface area contributed by atoms with Gasteiger partial charge in [0.25, 0.3) is 23.3 Å². The average molecular weight is 1770 g/mol. The van der Waals surface area contributed by atoms with Gasteiger partial charge in [0.1, 0.15) is 41.2 Å². The first kappa shape index (κ1) is 96.5. The van der Waals surface area contributed by atoms with Crippen LogP contribution in [-0.2, 0) is 48.5 Å². The van der Waals surface area contributed by atoms with Crippen molar-refractivity contribution >= 4 is 62.6 Å². The first-order chi connectivity index (χ1) is 62.2. The Labute approximate surface area is 746 Å². The maximum Gasteiger partial charge on any atom is 0.337 e. The lowest BCUT2D eigenvalue weighted by molar-refractivity contribution is -0.122. The van der Waals surface area contributed by atoms with E-state index in [2.05, 4.69) is 70.7 Å². The molecule has 2 saturated heterocycles. The molecular formula is C97H112N12O18S. The van der Waals surface area contributed by atoms with Crippen molar-refractivity contribution in [2.45, 2.75) is 135 Å². The monoisotopic (exact) mass is 1760 g/mol. The number of methoxy groups -OCH3 is 6. The standard InChI is InChI=1S/C22H27N3O5S.C22H26N2O6.C19H27NO2.C18H18N2O2.C16H14N4O3/c1-4-24(5-2)31(28,29)20-12-6-17(7-13-20)23-22(27)16-14-21(26)25(15-16)18-8-10-19(30-3)11-9-18;1-27-18-11-14(12-19(28-2)20(18)29-3)21(25)24-17-9-5-4-8-16(17)22(26)23-13-15-7-6-10-30-15;1-2-3-15-22-18-11-9-17(10-12-18)19(21)20-14-13-16-7-5-4-6-8-16;1-22-13-9-7-12(8-10-13)17-14-5-3-2-4-6-16(14)20-18(21)15(17)11-19;1-22-16(21)13-4-2-11(3-5-13)10-23-14-8-6-12(7-9-14)15-17-19-20-18-15/h6-13,16H,4-5,14-15H2,1-3H3,(H,23,27);4-5,8-9,11-12,15H,6-7,10,13H2,1-3H3,(H,23,26)(H,24,25);7,9-12H,2-6,8,13-15H2,1H3,(H,20,21);7-10H,2-6H2,1H3,(H,20,21);2-9H,10H2,1H3,(H,17,18,19,20). The third-order valence-electron chi connectivity index (χ3n) is 21.7. The number of nitriles is 1. The van der Waals surface area contributed by atoms with Crippen LogP contribution in [0.15, 0.2) is 203 Å². The summed E-state index contributed by atoms with van der Waals surface area (Å²) in [5, 5.41) is 34.6. The van der Waals surface area contributed by atoms with Gasteiger partial charge in [0, 0.05) is 85.1 Å². The number of sulfonamides is 1. The average Bonchev–Trinajstić information content (AvgIpc) is 1.18. The van der Waals surface area contributed by atoms with Gasteiger partial charge in [0.05, 0.1) is 83.0 Å². The van der Waals surface area contributed by atoms with Gasteiger partial charge >= 0.3 is 5.97 Å². The molecule has 0 saturated carbocycles. The number of H-pyrrole nitrogens is 2. The summed E-state index contributed by atoms with van der Waals surface area (Å²) in [6, 6.07) is 54.7. The minimum atomic E-state index is -3.55. The van der Waals surface area contributed by atoms with Crippen molar-refractivity contribution in [2.75, 3.05) is 104 Å². The zero-order valence-corrected chi connectivity index (χ0v) is 74.6. The molecule has 2 aliphatic carbocycles. The van der Waals surface area contributed by atoms with Crippen LogP contribution in [0.25, 0.3) is 22.5 Å². The Morgan fingerprint density at radius 3 is 1.89 bits per heavy atom. The molecule has 2 aromatic heterocycles. The van der Waals surface area contributed by atoms with E-state index < -0.39 is 21.8 Å². The number of ether oxygens (including phenoxy) is 9. The first-order valence-electron chi connectivity index (χ1n) is 42.8. The van der Waals surface area contributed by atoms with Crippen molar-refractivity contribution in [1.29, 1.82) is 5.26 Å². The van der Waals surface area contributed by atoms with Gasteiger partial charge in [0.2, 0.25) is 33.4 Å². The quantitative estimate of drug-likeness (QED) is 0.0102. The van der Waals surface area contributed by atoms with E-state index in [9.17, 15) is 47.2 Å². The number of pyridine rings is 1. The SMILES string of the molecule is CCCCOc1ccc(C(=O)NCCC2=CCCCC2)cc1.CCN(CC)S(=O)(=O)c1ccc(NC(=O)C2CC(=O)N(c3ccc(OC)cc3)C2)cc1.COC(=O)c1ccc(COc2ccc(-c3nn[nH]n3)cc2)cc1.COc1cc(C(=O)Nc2ccccc2C(=O)NCC2CCCO2)cc(OC)c1OC.COc1ccc(-c2c3c([nH]c(=O)c2C#N)CCCCC3)cc1. The van der Waals surface area contributed by atoms with Crippen LogP contribution < -0.4 is 64.9 Å². The number of fused-ring (bicyclic) bond motifs is 1. The maximum atomic E-state index is 12.9. The number of amides is 5. The zero-order chi connectivity index (χ0) is 91.3. The zero-order valence-electron chi connectivity index (χ0n) is 73.8. The highest BCUT2D eigenvalue weighted by Crippen LogP contribution is 2.39. The molecule has 4 heterocycles. The number of nitrogens with one attached hydrogen (secondary N) is 6. The Hall–Kier alpha value is -13.7. The van der Waals surface area contributed by atoms with E-state index in [1.54, 1.807) is 118 Å². The van der Waals surface area contributed by atoms with E-state index in [1.807, 2.05) is 84.9 Å². The number of aryl methyl sites for hydroxylation is 1. The number of nitrogens with zero attached hydrogens (tertiary/aromatic N) is 6. The third kappa shape index (κ3) is 27.2. The van der Waals surface area contributed by atoms with E-state index >= 15 is 0 Å². The number of aromatic amines is 2. The molecular weight excluding hydrogens is 1650 g/mol. The summed E-state index contributed by atoms with van der Waals surface area (Å²) in [6.45, 7) is 9.79. The lowest BCUT2D eigenvalue weighted by atomic mass is 9.92. The Bertz CT molecular complexity index is 5540. The Kier molecular flexibility index (Phi) is 37.1. The number of esters is 1. The molecule has 2 unspecified atom stereocenters. The van der Waals surface area contributed by atoms with Gasteiger partial charge in [-0.25, -0.2) is 13.2 Å². The van der Waals surface area contributed by atoms with Crippen LogP contribution in [0.4, 0.5) is 17.1 Å². The summed E-state index contributed by atoms with van der Waals surface area (Å²) < 4.78 is 74.2. The number of hydrogen-bond acceptors (Lipinski definition) is 22. The summed E-state index contributed by atoms with van der Waals surface area (Å²) in [5.41, 5.74) is 10.5. The van der Waals surface area contributed by atoms with Gasteiger partial charge in [-0.05, 0) is 245 Å². The molecule has 5 amide bonds. The number of allylic oxidation sites excluding steroid dienone is 1. The number of rotatable bonds is 31. The van der Waals surface area contributed by atoms with Crippen molar-refractivity contribution in [3.05, 3.63) is 249 Å². The van der Waals surface area contributed by atoms with Gasteiger partial charge in [0.15, 0.2) is 11.5 Å². The predicted molar refractivity (Wildman–Crippen MR) is 488 cm³/mol. The third-order valence-corrected chi connectivity index (χ3v) is 23.8. The van der Waals surface area contributed by atoms with Crippen LogP contribution in [0.2, 0.25) is 0 Å². The summed E-state index contributed by atoms with van der Waals surface area (Å²) in [5.74, 6) is 2.75. The fourth-order valence-corrected chi connectivity index (χ4v) is 16.1. The van der Waals surface area contributed by atoms with E-state index in [4.69, 9.17) is 37.9 Å². The molecule has 2 aliphatic heterocycles. The number of carbonyl (C=O) groups is 6. The van der Waals surface area contributed by atoms with E-state index in [0.29, 0.717) is 94.4 Å². The molecule has 30 nitrogen and oxygen atoms in total. The number of hydrogen-bond donors (Lipinski definition) is 6. The number of anilines is 3. The maximum absolute atomic E-state index is 12.9. The molecule has 8 aromatic carbocycles. The number of unbranched alkanes of at least 4 members (excludes halogenated alkanes) is 1. The molecule has 10 aromatic rings. The van der Waals surface area contributed by atoms with Crippen molar-refractivity contribution in [2.24, 2.45) is 5.92 Å². The Morgan fingerprint density at radius 1 is 0.641 bits per heavy atom. The fourth-order valence-electron chi connectivity index (χ4n) is 14.6. The second kappa shape index (κ2) is 49.3. The lowest BCUT2D eigenvalue weighted by Gasteiger charge is -2.19. The minimum absolute atomic E-state index is 0.00322. The highest BCUT2D eigenvalue weighted by atomic mass is 32.2. The smallest absolute Gasteiger partial charge is 0.337 e. The molecule has 4 aliphatic rings. The van der Waals surface area contributed by atoms with Gasteiger partial charge < -0.3 is 73.8 Å². The van der Waals surface area contributed by atoms with Crippen molar-refractivity contribution in [3.8, 4) is 68.8 Å². The van der Waals surface area contributed by atoms with E-state index in [0.717, 1.165) is 135 Å². The summed E-state index contributed by atoms with van der Waals surface area (Å²) in [7, 11) is 5.45. The summed E-state index contributed by atoms with van der Waals surface area (Å²) in [6.07, 6.45) is 17.7. The molecule has 31 heteroatoms.